The average Bonchev–Trinajstić information content (AvgIpc) is 3.07. The van der Waals surface area contributed by atoms with Crippen molar-refractivity contribution < 1.29 is 14.3 Å². The van der Waals surface area contributed by atoms with Crippen LogP contribution in [-0.4, -0.2) is 44.2 Å². The summed E-state index contributed by atoms with van der Waals surface area (Å²) in [6.45, 7) is 2.59. The molecule has 23 heavy (non-hydrogen) atoms. The molecule has 0 bridgehead atoms. The number of amides is 1. The lowest BCUT2D eigenvalue weighted by atomic mass is 10.1. The third kappa shape index (κ3) is 4.61. The Morgan fingerprint density at radius 2 is 2.00 bits per heavy atom. The minimum atomic E-state index is -0.178. The van der Waals surface area contributed by atoms with E-state index < -0.39 is 0 Å². The smallest absolute Gasteiger partial charge is 0.237 e. The first-order valence-corrected chi connectivity index (χ1v) is 8.26. The van der Waals surface area contributed by atoms with Crippen LogP contribution in [0.3, 0.4) is 0 Å². The molecule has 0 aromatic heterocycles. The van der Waals surface area contributed by atoms with E-state index in [0.717, 1.165) is 29.9 Å². The topological polar surface area (TPSA) is 50.8 Å². The second kappa shape index (κ2) is 8.20. The maximum Gasteiger partial charge on any atom is 0.237 e. The van der Waals surface area contributed by atoms with Gasteiger partial charge in [-0.3, -0.25) is 9.69 Å². The highest BCUT2D eigenvalue weighted by Gasteiger charge is 2.23. The van der Waals surface area contributed by atoms with Crippen LogP contribution in [0.15, 0.2) is 18.2 Å². The van der Waals surface area contributed by atoms with Gasteiger partial charge in [0, 0.05) is 24.2 Å². The Bertz CT molecular complexity index is 527. The van der Waals surface area contributed by atoms with Crippen molar-refractivity contribution in [3.05, 3.63) is 23.8 Å². The van der Waals surface area contributed by atoms with Crippen molar-refractivity contribution in [3.8, 4) is 11.5 Å². The molecule has 0 saturated heterocycles. The van der Waals surface area contributed by atoms with Gasteiger partial charge in [-0.1, -0.05) is 18.9 Å². The van der Waals surface area contributed by atoms with Gasteiger partial charge in [0.25, 0.3) is 0 Å². The van der Waals surface area contributed by atoms with E-state index in [-0.39, 0.29) is 11.9 Å². The van der Waals surface area contributed by atoms with Crippen LogP contribution in [0.25, 0.3) is 0 Å². The van der Waals surface area contributed by atoms with E-state index in [2.05, 4.69) is 5.32 Å². The maximum absolute atomic E-state index is 12.4. The fourth-order valence-corrected chi connectivity index (χ4v) is 2.98. The van der Waals surface area contributed by atoms with Gasteiger partial charge in [0.2, 0.25) is 5.91 Å². The standard InChI is InChI=1S/C18H28N2O3/c1-13(18(21)19-15-7-5-6-8-15)20(2)12-14-9-10-16(22-3)11-17(14)23-4/h9-11,13,15H,5-8,12H2,1-4H3,(H,19,21). The number of benzene rings is 1. The molecule has 1 unspecified atom stereocenters. The number of nitrogens with one attached hydrogen (secondary N) is 1. The molecule has 1 atom stereocenters. The molecule has 128 valence electrons. The SMILES string of the molecule is COc1ccc(CN(C)C(C)C(=O)NC2CCCC2)c(OC)c1. The highest BCUT2D eigenvalue weighted by Crippen LogP contribution is 2.26. The van der Waals surface area contributed by atoms with E-state index in [9.17, 15) is 4.79 Å². The van der Waals surface area contributed by atoms with Gasteiger partial charge in [-0.05, 0) is 32.9 Å². The lowest BCUT2D eigenvalue weighted by Gasteiger charge is -2.26. The van der Waals surface area contributed by atoms with Crippen LogP contribution in [-0.2, 0) is 11.3 Å². The number of carbonyl (C=O) groups excluding carboxylic acids is 1. The third-order valence-corrected chi connectivity index (χ3v) is 4.66. The largest absolute Gasteiger partial charge is 0.497 e. The Kier molecular flexibility index (Phi) is 6.28. The van der Waals surface area contributed by atoms with E-state index in [1.165, 1.54) is 12.8 Å². The summed E-state index contributed by atoms with van der Waals surface area (Å²) in [5.74, 6) is 1.65. The van der Waals surface area contributed by atoms with Gasteiger partial charge in [0.1, 0.15) is 11.5 Å². The van der Waals surface area contributed by atoms with Crippen molar-refractivity contribution in [1.29, 1.82) is 0 Å². The molecule has 0 radical (unpaired) electrons. The van der Waals surface area contributed by atoms with E-state index >= 15 is 0 Å². The van der Waals surface area contributed by atoms with Crippen LogP contribution >= 0.6 is 0 Å². The molecule has 2 rings (SSSR count). The molecule has 0 heterocycles. The van der Waals surface area contributed by atoms with Gasteiger partial charge in [0.15, 0.2) is 0 Å². The highest BCUT2D eigenvalue weighted by atomic mass is 16.5. The van der Waals surface area contributed by atoms with E-state index in [4.69, 9.17) is 9.47 Å². The molecule has 1 aliphatic carbocycles. The number of carbonyl (C=O) groups is 1. The zero-order valence-corrected chi connectivity index (χ0v) is 14.6. The Balaban J connectivity index is 1.97. The van der Waals surface area contributed by atoms with E-state index in [0.29, 0.717) is 12.6 Å². The first-order chi connectivity index (χ1) is 11.0. The molecule has 5 heteroatoms. The minimum absolute atomic E-state index is 0.104. The predicted molar refractivity (Wildman–Crippen MR) is 90.9 cm³/mol. The van der Waals surface area contributed by atoms with Gasteiger partial charge >= 0.3 is 0 Å². The molecule has 0 spiro atoms. The molecule has 1 N–H and O–H groups in total. The molecule has 1 aliphatic rings. The summed E-state index contributed by atoms with van der Waals surface area (Å²) in [4.78, 5) is 14.4. The van der Waals surface area contributed by atoms with Gasteiger partial charge in [-0.25, -0.2) is 0 Å². The van der Waals surface area contributed by atoms with Crippen molar-refractivity contribution in [2.24, 2.45) is 0 Å². The molecule has 1 saturated carbocycles. The summed E-state index contributed by atoms with van der Waals surface area (Å²) in [5, 5.41) is 3.16. The summed E-state index contributed by atoms with van der Waals surface area (Å²) in [6, 6.07) is 5.94. The lowest BCUT2D eigenvalue weighted by Crippen LogP contribution is -2.46. The van der Waals surface area contributed by atoms with Crippen molar-refractivity contribution in [2.45, 2.75) is 51.2 Å². The highest BCUT2D eigenvalue weighted by molar-refractivity contribution is 5.81. The zero-order valence-electron chi connectivity index (χ0n) is 14.6. The summed E-state index contributed by atoms with van der Waals surface area (Å²) >= 11 is 0. The fraction of sp³-hybridized carbons (Fsp3) is 0.611. The molecule has 1 aromatic carbocycles. The van der Waals surface area contributed by atoms with Gasteiger partial charge in [-0.15, -0.1) is 0 Å². The Hall–Kier alpha value is -1.75. The monoisotopic (exact) mass is 320 g/mol. The number of rotatable bonds is 7. The third-order valence-electron chi connectivity index (χ3n) is 4.66. The molecule has 5 nitrogen and oxygen atoms in total. The van der Waals surface area contributed by atoms with Crippen LogP contribution in [0.4, 0.5) is 0 Å². The second-order valence-electron chi connectivity index (χ2n) is 6.26. The van der Waals surface area contributed by atoms with Gasteiger partial charge in [-0.2, -0.15) is 0 Å². The molecule has 1 aromatic rings. The van der Waals surface area contributed by atoms with Crippen molar-refractivity contribution in [1.82, 2.24) is 10.2 Å². The summed E-state index contributed by atoms with van der Waals surface area (Å²) in [7, 11) is 5.24. The van der Waals surface area contributed by atoms with Gasteiger partial charge in [0.05, 0.1) is 20.3 Å². The van der Waals surface area contributed by atoms with Crippen LogP contribution in [0.2, 0.25) is 0 Å². The number of nitrogens with zero attached hydrogens (tertiary/aromatic N) is 1. The predicted octanol–water partition coefficient (Wildman–Crippen LogP) is 2.58. The van der Waals surface area contributed by atoms with E-state index in [1.54, 1.807) is 14.2 Å². The van der Waals surface area contributed by atoms with Gasteiger partial charge < -0.3 is 14.8 Å². The first-order valence-electron chi connectivity index (χ1n) is 8.26. The zero-order chi connectivity index (χ0) is 16.8. The number of hydrogen-bond acceptors (Lipinski definition) is 4. The summed E-state index contributed by atoms with van der Waals surface area (Å²) < 4.78 is 10.6. The first kappa shape index (κ1) is 17.6. The molecule has 0 aliphatic heterocycles. The normalized spacial score (nSPS) is 16.4. The van der Waals surface area contributed by atoms with Crippen molar-refractivity contribution in [3.63, 3.8) is 0 Å². The quantitative estimate of drug-likeness (QED) is 0.839. The average molecular weight is 320 g/mol. The molecule has 1 fully saturated rings. The van der Waals surface area contributed by atoms with Crippen molar-refractivity contribution in [2.75, 3.05) is 21.3 Å². The van der Waals surface area contributed by atoms with Crippen LogP contribution in [0, 0.1) is 0 Å². The fourth-order valence-electron chi connectivity index (χ4n) is 2.98. The summed E-state index contributed by atoms with van der Waals surface area (Å²) in [5.41, 5.74) is 1.04. The Morgan fingerprint density at radius 1 is 1.30 bits per heavy atom. The Morgan fingerprint density at radius 3 is 2.61 bits per heavy atom. The van der Waals surface area contributed by atoms with Crippen LogP contribution in [0.1, 0.15) is 38.2 Å². The van der Waals surface area contributed by atoms with Crippen LogP contribution in [0.5, 0.6) is 11.5 Å². The number of hydrogen-bond donors (Lipinski definition) is 1. The lowest BCUT2D eigenvalue weighted by molar-refractivity contribution is -0.126. The number of methoxy groups -OCH3 is 2. The Labute approximate surface area is 139 Å². The van der Waals surface area contributed by atoms with E-state index in [1.807, 2.05) is 37.1 Å². The second-order valence-corrected chi connectivity index (χ2v) is 6.26. The van der Waals surface area contributed by atoms with Crippen LogP contribution < -0.4 is 14.8 Å². The molecule has 1 amide bonds. The molecular formula is C18H28N2O3. The summed E-state index contributed by atoms with van der Waals surface area (Å²) in [6.07, 6.45) is 4.65. The van der Waals surface area contributed by atoms with Crippen molar-refractivity contribution >= 4 is 5.91 Å². The number of likely N-dealkylation sites (N-methyl/N-ethyl adjacent to an activating group) is 1. The number of ether oxygens (including phenoxy) is 2. The minimum Gasteiger partial charge on any atom is -0.497 e. The maximum atomic E-state index is 12.4. The molecular weight excluding hydrogens is 292 g/mol.